The van der Waals surface area contributed by atoms with Crippen LogP contribution in [-0.4, -0.2) is 39.2 Å². The van der Waals surface area contributed by atoms with Gasteiger partial charge in [-0.3, -0.25) is 9.48 Å². The number of ether oxygens (including phenoxy) is 1. The molecule has 2 aromatic heterocycles. The molecular formula is C23H19F4N5O2. The molecule has 0 unspecified atom stereocenters. The van der Waals surface area contributed by atoms with Crippen molar-refractivity contribution in [2.75, 3.05) is 19.4 Å². The number of pyridine rings is 1. The van der Waals surface area contributed by atoms with Crippen molar-refractivity contribution in [3.63, 3.8) is 0 Å². The Hall–Kier alpha value is -3.89. The summed E-state index contributed by atoms with van der Waals surface area (Å²) in [5.41, 5.74) is 6.25. The molecule has 34 heavy (non-hydrogen) atoms. The molecule has 2 aromatic carbocycles. The lowest BCUT2D eigenvalue weighted by Gasteiger charge is -2.33. The lowest BCUT2D eigenvalue weighted by molar-refractivity contribution is -0.137. The molecular weight excluding hydrogens is 454 g/mol. The quantitative estimate of drug-likeness (QED) is 0.435. The monoisotopic (exact) mass is 473 g/mol. The van der Waals surface area contributed by atoms with Crippen molar-refractivity contribution in [2.24, 2.45) is 7.05 Å². The van der Waals surface area contributed by atoms with Crippen LogP contribution in [0, 0.1) is 5.82 Å². The Bertz CT molecular complexity index is 1460. The highest BCUT2D eigenvalue weighted by Crippen LogP contribution is 2.40. The van der Waals surface area contributed by atoms with Crippen LogP contribution in [0.4, 0.5) is 23.4 Å². The second-order valence-electron chi connectivity index (χ2n) is 8.20. The normalized spacial score (nSPS) is 15.9. The van der Waals surface area contributed by atoms with Crippen LogP contribution in [0.5, 0.6) is 5.75 Å². The maximum Gasteiger partial charge on any atom is 0.416 e. The Morgan fingerprint density at radius 1 is 1.24 bits per heavy atom. The Kier molecular flexibility index (Phi) is 4.88. The molecule has 7 nitrogen and oxygen atoms in total. The number of fused-ring (bicyclic) bond motifs is 4. The van der Waals surface area contributed by atoms with E-state index in [2.05, 4.69) is 10.1 Å². The molecule has 1 aliphatic rings. The standard InChI is InChI=1S/C23H19F4N5O2/c1-31(18-5-6-34-19-7-11(23(25,26)27)3-4-12(18)19)22(33)13-8-14-17(9-16(13)24)30-21(28)15-10-29-32(2)20(14)15/h3-4,7-10,18H,5-6H2,1-2H3,(H2,28,30)/t18-/m0/s1. The molecule has 0 aliphatic carbocycles. The first-order valence-corrected chi connectivity index (χ1v) is 10.4. The second kappa shape index (κ2) is 7.57. The molecule has 2 N–H and O–H groups in total. The van der Waals surface area contributed by atoms with E-state index < -0.39 is 29.5 Å². The van der Waals surface area contributed by atoms with Crippen LogP contribution in [0.2, 0.25) is 0 Å². The second-order valence-corrected chi connectivity index (χ2v) is 8.20. The number of hydrogen-bond donors (Lipinski definition) is 1. The van der Waals surface area contributed by atoms with E-state index in [1.165, 1.54) is 24.1 Å². The number of carbonyl (C=O) groups excluding carboxylic acids is 1. The third kappa shape index (κ3) is 3.39. The highest BCUT2D eigenvalue weighted by atomic mass is 19.4. The van der Waals surface area contributed by atoms with E-state index >= 15 is 4.39 Å². The molecule has 0 fully saturated rings. The number of amides is 1. The van der Waals surface area contributed by atoms with E-state index in [4.69, 9.17) is 10.5 Å². The smallest absolute Gasteiger partial charge is 0.416 e. The van der Waals surface area contributed by atoms with Crippen molar-refractivity contribution in [1.82, 2.24) is 19.7 Å². The minimum Gasteiger partial charge on any atom is -0.493 e. The molecule has 3 heterocycles. The van der Waals surface area contributed by atoms with Gasteiger partial charge in [-0.25, -0.2) is 9.37 Å². The molecule has 0 bridgehead atoms. The van der Waals surface area contributed by atoms with Crippen molar-refractivity contribution >= 4 is 33.5 Å². The zero-order valence-corrected chi connectivity index (χ0v) is 18.2. The Labute approximate surface area is 190 Å². The molecule has 1 amide bonds. The van der Waals surface area contributed by atoms with Crippen molar-refractivity contribution < 1.29 is 27.1 Å². The van der Waals surface area contributed by atoms with Gasteiger partial charge < -0.3 is 15.4 Å². The average molecular weight is 473 g/mol. The van der Waals surface area contributed by atoms with Crippen molar-refractivity contribution in [1.29, 1.82) is 0 Å². The zero-order valence-electron chi connectivity index (χ0n) is 18.2. The van der Waals surface area contributed by atoms with Crippen molar-refractivity contribution in [3.05, 3.63) is 59.0 Å². The van der Waals surface area contributed by atoms with Crippen molar-refractivity contribution in [3.8, 4) is 5.75 Å². The summed E-state index contributed by atoms with van der Waals surface area (Å²) in [6, 6.07) is 5.14. The summed E-state index contributed by atoms with van der Waals surface area (Å²) in [5, 5.41) is 5.26. The largest absolute Gasteiger partial charge is 0.493 e. The molecule has 0 spiro atoms. The Balaban J connectivity index is 1.56. The topological polar surface area (TPSA) is 86.3 Å². The SMILES string of the molecule is CN(C(=O)c1cc2c(cc1F)nc(N)c1cnn(C)c12)[C@H]1CCOc2cc(C(F)(F)F)ccc21. The third-order valence-corrected chi connectivity index (χ3v) is 6.16. The summed E-state index contributed by atoms with van der Waals surface area (Å²) in [6.07, 6.45) is -2.63. The molecule has 4 aromatic rings. The highest BCUT2D eigenvalue weighted by Gasteiger charge is 2.35. The maximum atomic E-state index is 15.0. The number of rotatable bonds is 2. The number of nitrogen functional groups attached to an aromatic ring is 1. The van der Waals surface area contributed by atoms with Crippen LogP contribution in [0.15, 0.2) is 36.5 Å². The highest BCUT2D eigenvalue weighted by molar-refractivity contribution is 6.10. The van der Waals surface area contributed by atoms with E-state index in [1.807, 2.05) is 0 Å². The first kappa shape index (κ1) is 21.9. The summed E-state index contributed by atoms with van der Waals surface area (Å²) in [6.45, 7) is 0.121. The van der Waals surface area contributed by atoms with Gasteiger partial charge in [0.25, 0.3) is 5.91 Å². The third-order valence-electron chi connectivity index (χ3n) is 6.16. The number of halogens is 4. The van der Waals surface area contributed by atoms with Gasteiger partial charge in [0, 0.05) is 37.5 Å². The van der Waals surface area contributed by atoms with Crippen LogP contribution in [0.25, 0.3) is 21.8 Å². The lowest BCUT2D eigenvalue weighted by Crippen LogP contribution is -2.35. The van der Waals surface area contributed by atoms with E-state index in [0.717, 1.165) is 18.2 Å². The number of anilines is 1. The summed E-state index contributed by atoms with van der Waals surface area (Å²) >= 11 is 0. The molecule has 0 radical (unpaired) electrons. The molecule has 1 aliphatic heterocycles. The van der Waals surface area contributed by atoms with Gasteiger partial charge in [0.1, 0.15) is 17.4 Å². The average Bonchev–Trinajstić information content (AvgIpc) is 3.19. The maximum absolute atomic E-state index is 15.0. The summed E-state index contributed by atoms with van der Waals surface area (Å²) in [4.78, 5) is 18.9. The van der Waals surface area contributed by atoms with Crippen LogP contribution >= 0.6 is 0 Å². The summed E-state index contributed by atoms with van der Waals surface area (Å²) in [7, 11) is 3.19. The fraction of sp³-hybridized carbons (Fsp3) is 0.261. The predicted molar refractivity (Wildman–Crippen MR) is 117 cm³/mol. The number of carbonyl (C=O) groups is 1. The van der Waals surface area contributed by atoms with Gasteiger partial charge in [-0.15, -0.1) is 0 Å². The first-order chi connectivity index (χ1) is 16.1. The molecule has 176 valence electrons. The number of hydrogen-bond acceptors (Lipinski definition) is 5. The minimum atomic E-state index is -4.52. The van der Waals surface area contributed by atoms with Crippen LogP contribution < -0.4 is 10.5 Å². The number of alkyl halides is 3. The number of nitrogens with two attached hydrogens (primary N) is 1. The van der Waals surface area contributed by atoms with Crippen LogP contribution in [0.3, 0.4) is 0 Å². The number of benzene rings is 2. The van der Waals surface area contributed by atoms with Gasteiger partial charge in [-0.1, -0.05) is 6.07 Å². The number of aromatic nitrogens is 3. The van der Waals surface area contributed by atoms with Gasteiger partial charge in [0.2, 0.25) is 0 Å². The Morgan fingerprint density at radius 3 is 2.74 bits per heavy atom. The van der Waals surface area contributed by atoms with Crippen molar-refractivity contribution in [2.45, 2.75) is 18.6 Å². The molecule has 5 rings (SSSR count). The minimum absolute atomic E-state index is 0.0565. The van der Waals surface area contributed by atoms with E-state index in [0.29, 0.717) is 28.3 Å². The molecule has 0 saturated carbocycles. The van der Waals surface area contributed by atoms with Gasteiger partial charge in [0.15, 0.2) is 0 Å². The predicted octanol–water partition coefficient (Wildman–Crippen LogP) is 4.46. The summed E-state index contributed by atoms with van der Waals surface area (Å²) in [5.74, 6) is -1.15. The van der Waals surface area contributed by atoms with Gasteiger partial charge in [-0.2, -0.15) is 18.3 Å². The van der Waals surface area contributed by atoms with Gasteiger partial charge >= 0.3 is 6.18 Å². The molecule has 0 saturated heterocycles. The van der Waals surface area contributed by atoms with E-state index in [-0.39, 0.29) is 29.3 Å². The lowest BCUT2D eigenvalue weighted by atomic mass is 9.96. The molecule has 1 atom stereocenters. The molecule has 11 heteroatoms. The summed E-state index contributed by atoms with van der Waals surface area (Å²) < 4.78 is 61.3. The fourth-order valence-electron chi connectivity index (χ4n) is 4.42. The van der Waals surface area contributed by atoms with E-state index in [9.17, 15) is 18.0 Å². The van der Waals surface area contributed by atoms with E-state index in [1.54, 1.807) is 17.9 Å². The zero-order chi connectivity index (χ0) is 24.4. The van der Waals surface area contributed by atoms with Gasteiger partial charge in [-0.05, 0) is 18.2 Å². The van der Waals surface area contributed by atoms with Crippen LogP contribution in [-0.2, 0) is 13.2 Å². The fourth-order valence-corrected chi connectivity index (χ4v) is 4.42. The number of nitrogens with zero attached hydrogens (tertiary/aromatic N) is 4. The first-order valence-electron chi connectivity index (χ1n) is 10.4. The Morgan fingerprint density at radius 2 is 2.00 bits per heavy atom. The van der Waals surface area contributed by atoms with Crippen LogP contribution in [0.1, 0.15) is 33.9 Å². The van der Waals surface area contributed by atoms with Gasteiger partial charge in [0.05, 0.1) is 46.4 Å². The number of aryl methyl sites for hydroxylation is 1.